The molecule has 1 heterocycles. The molecule has 0 N–H and O–H groups in total. The molecule has 0 atom stereocenters. The largest absolute Gasteiger partial charge is 0.434 e. The summed E-state index contributed by atoms with van der Waals surface area (Å²) < 4.78 is 63.3. The minimum atomic E-state index is -5.14. The maximum atomic E-state index is 13.4. The number of halogens is 5. The second-order valence-corrected chi connectivity index (χ2v) is 2.86. The first-order valence-electron chi connectivity index (χ1n) is 4.05. The highest BCUT2D eigenvalue weighted by molar-refractivity contribution is 5.40. The zero-order valence-corrected chi connectivity index (χ0v) is 7.94. The smallest absolute Gasteiger partial charge is 0.213 e. The second-order valence-electron chi connectivity index (χ2n) is 2.86. The number of nitrogens with zero attached hydrogens (tertiary/aromatic N) is 3. The molecule has 0 saturated carbocycles. The van der Waals surface area contributed by atoms with Crippen LogP contribution in [0.5, 0.6) is 0 Å². The van der Waals surface area contributed by atoms with Crippen LogP contribution in [0.3, 0.4) is 0 Å². The number of rotatable bonds is 1. The van der Waals surface area contributed by atoms with Gasteiger partial charge >= 0.3 is 6.18 Å². The van der Waals surface area contributed by atoms with Gasteiger partial charge in [0.1, 0.15) is 11.6 Å². The summed E-state index contributed by atoms with van der Waals surface area (Å²) in [5, 5.41) is 16.7. The number of nitriles is 2. The van der Waals surface area contributed by atoms with Gasteiger partial charge in [0.2, 0.25) is 5.95 Å². The molecule has 0 aliphatic carbocycles. The van der Waals surface area contributed by atoms with Gasteiger partial charge in [0.05, 0.1) is 18.1 Å². The minimum Gasteiger partial charge on any atom is -0.213 e. The van der Waals surface area contributed by atoms with Gasteiger partial charge in [0.15, 0.2) is 11.5 Å². The van der Waals surface area contributed by atoms with Crippen molar-refractivity contribution in [1.82, 2.24) is 4.98 Å². The van der Waals surface area contributed by atoms with Gasteiger partial charge in [-0.2, -0.15) is 28.1 Å². The standard InChI is InChI=1S/C9H2F5N3/c10-6-4(1-2-15)8(11)17-7(5(6)3-16)9(12,13)14/h1H2. The third-order valence-corrected chi connectivity index (χ3v) is 1.82. The van der Waals surface area contributed by atoms with Crippen molar-refractivity contribution >= 4 is 0 Å². The molecule has 0 unspecified atom stereocenters. The molecular formula is C9H2F5N3. The van der Waals surface area contributed by atoms with E-state index >= 15 is 0 Å². The molecule has 1 aromatic heterocycles. The van der Waals surface area contributed by atoms with E-state index in [9.17, 15) is 22.0 Å². The van der Waals surface area contributed by atoms with E-state index in [0.717, 1.165) is 6.07 Å². The molecule has 0 saturated heterocycles. The fourth-order valence-electron chi connectivity index (χ4n) is 1.10. The van der Waals surface area contributed by atoms with E-state index in [1.807, 2.05) is 0 Å². The molecule has 0 spiro atoms. The molecule has 0 fully saturated rings. The SMILES string of the molecule is N#CCc1c(F)nc(C(F)(F)F)c(C#N)c1F. The Balaban J connectivity index is 3.61. The van der Waals surface area contributed by atoms with Gasteiger partial charge in [-0.15, -0.1) is 0 Å². The van der Waals surface area contributed by atoms with Crippen molar-refractivity contribution in [2.24, 2.45) is 0 Å². The predicted molar refractivity (Wildman–Crippen MR) is 43.2 cm³/mol. The summed E-state index contributed by atoms with van der Waals surface area (Å²) in [5.74, 6) is -3.44. The lowest BCUT2D eigenvalue weighted by Crippen LogP contribution is -2.16. The molecule has 1 aromatic rings. The van der Waals surface area contributed by atoms with Crippen molar-refractivity contribution in [2.75, 3.05) is 0 Å². The molecule has 0 aliphatic rings. The molecular weight excluding hydrogens is 245 g/mol. The van der Waals surface area contributed by atoms with E-state index in [2.05, 4.69) is 4.98 Å². The van der Waals surface area contributed by atoms with E-state index in [1.54, 1.807) is 0 Å². The van der Waals surface area contributed by atoms with Crippen LogP contribution in [0.1, 0.15) is 16.8 Å². The summed E-state index contributed by atoms with van der Waals surface area (Å²) in [6.45, 7) is 0. The summed E-state index contributed by atoms with van der Waals surface area (Å²) in [5.41, 5.74) is -4.29. The van der Waals surface area contributed by atoms with Gasteiger partial charge in [-0.25, -0.2) is 9.37 Å². The highest BCUT2D eigenvalue weighted by Crippen LogP contribution is 2.32. The molecule has 0 aromatic carbocycles. The van der Waals surface area contributed by atoms with Crippen molar-refractivity contribution in [3.8, 4) is 12.1 Å². The van der Waals surface area contributed by atoms with Gasteiger partial charge in [-0.1, -0.05) is 0 Å². The lowest BCUT2D eigenvalue weighted by Gasteiger charge is -2.10. The average molecular weight is 247 g/mol. The fourth-order valence-corrected chi connectivity index (χ4v) is 1.10. The monoisotopic (exact) mass is 247 g/mol. The van der Waals surface area contributed by atoms with Crippen LogP contribution in [0.25, 0.3) is 0 Å². The maximum absolute atomic E-state index is 13.4. The Kier molecular flexibility index (Phi) is 3.28. The second kappa shape index (κ2) is 4.34. The molecule has 88 valence electrons. The van der Waals surface area contributed by atoms with Crippen molar-refractivity contribution in [3.63, 3.8) is 0 Å². The van der Waals surface area contributed by atoms with Crippen LogP contribution in [0.15, 0.2) is 0 Å². The summed E-state index contributed by atoms with van der Waals surface area (Å²) in [6, 6.07) is 2.33. The number of aromatic nitrogens is 1. The Bertz CT molecular complexity index is 536. The van der Waals surface area contributed by atoms with Crippen molar-refractivity contribution in [2.45, 2.75) is 12.6 Å². The predicted octanol–water partition coefficient (Wildman–Crippen LogP) is 2.32. The third-order valence-electron chi connectivity index (χ3n) is 1.82. The van der Waals surface area contributed by atoms with Crippen molar-refractivity contribution < 1.29 is 22.0 Å². The Morgan fingerprint density at radius 1 is 1.18 bits per heavy atom. The first kappa shape index (κ1) is 12.8. The zero-order valence-electron chi connectivity index (χ0n) is 7.94. The highest BCUT2D eigenvalue weighted by Gasteiger charge is 2.39. The summed E-state index contributed by atoms with van der Waals surface area (Å²) in [6.07, 6.45) is -5.95. The average Bonchev–Trinajstić information content (AvgIpc) is 2.22. The Hall–Kier alpha value is -2.22. The van der Waals surface area contributed by atoms with Crippen molar-refractivity contribution in [3.05, 3.63) is 28.6 Å². The fraction of sp³-hybridized carbons (Fsp3) is 0.222. The van der Waals surface area contributed by atoms with Gasteiger partial charge in [0, 0.05) is 0 Å². The van der Waals surface area contributed by atoms with Gasteiger partial charge in [0.25, 0.3) is 0 Å². The third kappa shape index (κ3) is 2.31. The van der Waals surface area contributed by atoms with Gasteiger partial charge in [-0.05, 0) is 0 Å². The lowest BCUT2D eigenvalue weighted by atomic mass is 10.1. The number of alkyl halides is 3. The minimum absolute atomic E-state index is 0.808. The van der Waals surface area contributed by atoms with E-state index in [0.29, 0.717) is 0 Å². The first-order chi connectivity index (χ1) is 7.82. The van der Waals surface area contributed by atoms with Crippen LogP contribution in [-0.4, -0.2) is 4.98 Å². The van der Waals surface area contributed by atoms with Crippen molar-refractivity contribution in [1.29, 1.82) is 10.5 Å². The van der Waals surface area contributed by atoms with Gasteiger partial charge in [-0.3, -0.25) is 0 Å². The number of pyridine rings is 1. The maximum Gasteiger partial charge on any atom is 0.434 e. The Morgan fingerprint density at radius 3 is 2.18 bits per heavy atom. The molecule has 0 radical (unpaired) electrons. The van der Waals surface area contributed by atoms with Crippen LogP contribution in [-0.2, 0) is 12.6 Å². The van der Waals surface area contributed by atoms with E-state index in [-0.39, 0.29) is 0 Å². The Morgan fingerprint density at radius 2 is 1.76 bits per heavy atom. The first-order valence-corrected chi connectivity index (χ1v) is 4.05. The Labute approximate surface area is 91.7 Å². The van der Waals surface area contributed by atoms with Gasteiger partial charge < -0.3 is 0 Å². The summed E-state index contributed by atoms with van der Waals surface area (Å²) in [4.78, 5) is 2.49. The molecule has 0 amide bonds. The van der Waals surface area contributed by atoms with E-state index < -0.39 is 41.2 Å². The highest BCUT2D eigenvalue weighted by atomic mass is 19.4. The summed E-state index contributed by atoms with van der Waals surface area (Å²) >= 11 is 0. The molecule has 0 aliphatic heterocycles. The molecule has 17 heavy (non-hydrogen) atoms. The quantitative estimate of drug-likeness (QED) is 0.565. The van der Waals surface area contributed by atoms with Crippen LogP contribution < -0.4 is 0 Å². The normalized spacial score (nSPS) is 10.8. The molecule has 1 rings (SSSR count). The zero-order chi connectivity index (χ0) is 13.2. The molecule has 0 bridgehead atoms. The lowest BCUT2D eigenvalue weighted by molar-refractivity contribution is -0.142. The van der Waals surface area contributed by atoms with E-state index in [4.69, 9.17) is 10.5 Å². The molecule has 8 heteroatoms. The number of hydrogen-bond acceptors (Lipinski definition) is 3. The van der Waals surface area contributed by atoms with Crippen LogP contribution in [0.4, 0.5) is 22.0 Å². The topological polar surface area (TPSA) is 60.5 Å². The number of hydrogen-bond donors (Lipinski definition) is 0. The van der Waals surface area contributed by atoms with Crippen LogP contribution in [0, 0.1) is 34.4 Å². The van der Waals surface area contributed by atoms with Crippen LogP contribution in [0.2, 0.25) is 0 Å². The summed E-state index contributed by atoms with van der Waals surface area (Å²) in [7, 11) is 0. The van der Waals surface area contributed by atoms with E-state index in [1.165, 1.54) is 6.07 Å². The van der Waals surface area contributed by atoms with Crippen LogP contribution >= 0.6 is 0 Å². The molecule has 3 nitrogen and oxygen atoms in total.